The molecule has 1 N–H and O–H groups in total. The quantitative estimate of drug-likeness (QED) is 0.287. The second-order valence-electron chi connectivity index (χ2n) is 11.8. The van der Waals surface area contributed by atoms with Crippen molar-refractivity contribution in [2.24, 2.45) is 0 Å². The number of aromatic nitrogens is 3. The van der Waals surface area contributed by atoms with Gasteiger partial charge in [-0.1, -0.05) is 24.6 Å². The number of benzene rings is 2. The minimum atomic E-state index is -0.118. The lowest BCUT2D eigenvalue weighted by Gasteiger charge is -2.36. The van der Waals surface area contributed by atoms with Crippen molar-refractivity contribution in [1.82, 2.24) is 19.9 Å². The van der Waals surface area contributed by atoms with E-state index in [9.17, 15) is 4.79 Å². The molecular weight excluding hydrogens is 494 g/mol. The third-order valence-corrected chi connectivity index (χ3v) is 7.88. The molecule has 0 radical (unpaired) electrons. The summed E-state index contributed by atoms with van der Waals surface area (Å²) in [6.45, 7) is 11.2. The molecule has 0 saturated carbocycles. The molecule has 1 aliphatic rings. The molecular formula is C34H39N5O. The van der Waals surface area contributed by atoms with E-state index in [1.165, 1.54) is 24.8 Å². The van der Waals surface area contributed by atoms with Crippen LogP contribution in [-0.4, -0.2) is 44.4 Å². The van der Waals surface area contributed by atoms with E-state index >= 15 is 0 Å². The number of aryl methyl sites for hydroxylation is 1. The fourth-order valence-corrected chi connectivity index (χ4v) is 5.40. The summed E-state index contributed by atoms with van der Waals surface area (Å²) in [6.07, 6.45) is 9.58. The summed E-state index contributed by atoms with van der Waals surface area (Å²) in [5.74, 6) is 1.11. The molecule has 0 aliphatic carbocycles. The standard InChI is InChI=1S/C34H39N5O/c1-24-10-11-26(20-29(24)21-32-36-18-16-31(38-32)27-9-7-17-35-22-27)33(40)37-30-14-12-25(13-15-30)28-8-5-6-19-39(23-28)34(2,3)4/h7,9-18,20,22,28H,5-6,8,19,21,23H2,1-4H3,(H,37,40). The number of pyridine rings is 1. The second kappa shape index (κ2) is 12.1. The zero-order valence-corrected chi connectivity index (χ0v) is 24.0. The number of carbonyl (C=O) groups excluding carboxylic acids is 1. The molecule has 2 aromatic carbocycles. The van der Waals surface area contributed by atoms with Crippen molar-refractivity contribution in [2.45, 2.75) is 64.8 Å². The van der Waals surface area contributed by atoms with Crippen LogP contribution in [0.15, 0.2) is 79.3 Å². The Morgan fingerprint density at radius 2 is 1.85 bits per heavy atom. The topological polar surface area (TPSA) is 71.0 Å². The van der Waals surface area contributed by atoms with E-state index in [2.05, 4.69) is 60.0 Å². The number of anilines is 1. The zero-order valence-electron chi connectivity index (χ0n) is 24.0. The summed E-state index contributed by atoms with van der Waals surface area (Å²) >= 11 is 0. The summed E-state index contributed by atoms with van der Waals surface area (Å²) in [7, 11) is 0. The predicted molar refractivity (Wildman–Crippen MR) is 162 cm³/mol. The molecule has 6 nitrogen and oxygen atoms in total. The van der Waals surface area contributed by atoms with Crippen LogP contribution in [0.2, 0.25) is 0 Å². The molecule has 40 heavy (non-hydrogen) atoms. The van der Waals surface area contributed by atoms with Gasteiger partial charge in [-0.25, -0.2) is 9.97 Å². The van der Waals surface area contributed by atoms with Crippen molar-refractivity contribution < 1.29 is 4.79 Å². The lowest BCUT2D eigenvalue weighted by Crippen LogP contribution is -2.43. The van der Waals surface area contributed by atoms with Crippen molar-refractivity contribution in [3.63, 3.8) is 0 Å². The van der Waals surface area contributed by atoms with Crippen molar-refractivity contribution in [3.8, 4) is 11.3 Å². The Kier molecular flexibility index (Phi) is 8.36. The molecule has 206 valence electrons. The van der Waals surface area contributed by atoms with Gasteiger partial charge in [0.05, 0.1) is 5.69 Å². The number of nitrogens with zero attached hydrogens (tertiary/aromatic N) is 4. The predicted octanol–water partition coefficient (Wildman–Crippen LogP) is 7.06. The lowest BCUT2D eigenvalue weighted by molar-refractivity contribution is 0.102. The van der Waals surface area contributed by atoms with Crippen LogP contribution in [0.3, 0.4) is 0 Å². The summed E-state index contributed by atoms with van der Waals surface area (Å²) < 4.78 is 0. The number of hydrogen-bond acceptors (Lipinski definition) is 5. The summed E-state index contributed by atoms with van der Waals surface area (Å²) in [5.41, 5.74) is 6.88. The maximum atomic E-state index is 13.2. The Labute approximate surface area is 237 Å². The Hall–Kier alpha value is -3.90. The van der Waals surface area contributed by atoms with Crippen LogP contribution >= 0.6 is 0 Å². The average Bonchev–Trinajstić information content (AvgIpc) is 3.22. The molecule has 0 bridgehead atoms. The van der Waals surface area contributed by atoms with E-state index in [0.29, 0.717) is 23.7 Å². The number of rotatable bonds is 6. The first-order valence-electron chi connectivity index (χ1n) is 14.2. The first-order chi connectivity index (χ1) is 19.3. The number of amides is 1. The highest BCUT2D eigenvalue weighted by Gasteiger charge is 2.27. The van der Waals surface area contributed by atoms with Gasteiger partial charge in [0.1, 0.15) is 5.82 Å². The van der Waals surface area contributed by atoms with Crippen LogP contribution in [0.1, 0.15) is 78.8 Å². The zero-order chi connectivity index (χ0) is 28.1. The Balaban J connectivity index is 1.26. The third-order valence-electron chi connectivity index (χ3n) is 7.88. The summed E-state index contributed by atoms with van der Waals surface area (Å²) in [5, 5.41) is 3.09. The fourth-order valence-electron chi connectivity index (χ4n) is 5.40. The van der Waals surface area contributed by atoms with E-state index in [4.69, 9.17) is 4.98 Å². The Morgan fingerprint density at radius 3 is 2.60 bits per heavy atom. The van der Waals surface area contributed by atoms with Gasteiger partial charge < -0.3 is 5.32 Å². The highest BCUT2D eigenvalue weighted by Crippen LogP contribution is 2.30. The lowest BCUT2D eigenvalue weighted by atomic mass is 9.93. The number of likely N-dealkylation sites (tertiary alicyclic amines) is 1. The van der Waals surface area contributed by atoms with E-state index in [1.807, 2.05) is 48.5 Å². The van der Waals surface area contributed by atoms with Gasteiger partial charge in [-0.15, -0.1) is 0 Å². The third kappa shape index (κ3) is 6.80. The van der Waals surface area contributed by atoms with Crippen LogP contribution < -0.4 is 5.32 Å². The Morgan fingerprint density at radius 1 is 1.02 bits per heavy atom. The molecule has 0 spiro atoms. The molecule has 1 amide bonds. The molecule has 2 aromatic heterocycles. The largest absolute Gasteiger partial charge is 0.322 e. The van der Waals surface area contributed by atoms with Crippen LogP contribution in [0.4, 0.5) is 5.69 Å². The van der Waals surface area contributed by atoms with E-state index < -0.39 is 0 Å². The highest BCUT2D eigenvalue weighted by atomic mass is 16.1. The maximum Gasteiger partial charge on any atom is 0.255 e. The smallest absolute Gasteiger partial charge is 0.255 e. The minimum Gasteiger partial charge on any atom is -0.322 e. The van der Waals surface area contributed by atoms with Gasteiger partial charge >= 0.3 is 0 Å². The number of hydrogen-bond donors (Lipinski definition) is 1. The van der Waals surface area contributed by atoms with Gasteiger partial charge in [0.15, 0.2) is 0 Å². The first kappa shape index (κ1) is 27.7. The number of carbonyl (C=O) groups is 1. The van der Waals surface area contributed by atoms with Crippen LogP contribution in [0.25, 0.3) is 11.3 Å². The second-order valence-corrected chi connectivity index (χ2v) is 11.8. The van der Waals surface area contributed by atoms with E-state index in [-0.39, 0.29) is 11.4 Å². The van der Waals surface area contributed by atoms with Gasteiger partial charge in [-0.3, -0.25) is 14.7 Å². The molecule has 1 unspecified atom stereocenters. The average molecular weight is 534 g/mol. The van der Waals surface area contributed by atoms with Crippen molar-refractivity contribution >= 4 is 11.6 Å². The molecule has 1 aliphatic heterocycles. The summed E-state index contributed by atoms with van der Waals surface area (Å²) in [6, 6.07) is 20.0. The van der Waals surface area contributed by atoms with Gasteiger partial charge in [-0.05, 0) is 112 Å². The van der Waals surface area contributed by atoms with E-state index in [1.54, 1.807) is 18.6 Å². The maximum absolute atomic E-state index is 13.2. The molecule has 3 heterocycles. The molecule has 1 atom stereocenters. The Bertz CT molecular complexity index is 1440. The van der Waals surface area contributed by atoms with Gasteiger partial charge in [-0.2, -0.15) is 0 Å². The van der Waals surface area contributed by atoms with Crippen LogP contribution in [0.5, 0.6) is 0 Å². The van der Waals surface area contributed by atoms with Crippen molar-refractivity contribution in [1.29, 1.82) is 0 Å². The van der Waals surface area contributed by atoms with E-state index in [0.717, 1.165) is 41.2 Å². The van der Waals surface area contributed by atoms with Crippen LogP contribution in [-0.2, 0) is 6.42 Å². The highest BCUT2D eigenvalue weighted by molar-refractivity contribution is 6.04. The molecule has 4 aromatic rings. The van der Waals surface area contributed by atoms with Crippen molar-refractivity contribution in [2.75, 3.05) is 18.4 Å². The minimum absolute atomic E-state index is 0.118. The van der Waals surface area contributed by atoms with Gasteiger partial charge in [0, 0.05) is 53.9 Å². The molecule has 1 fully saturated rings. The normalized spacial score (nSPS) is 16.4. The fraction of sp³-hybridized carbons (Fsp3) is 0.353. The first-order valence-corrected chi connectivity index (χ1v) is 14.2. The van der Waals surface area contributed by atoms with Gasteiger partial charge in [0.25, 0.3) is 5.91 Å². The molecule has 1 saturated heterocycles. The van der Waals surface area contributed by atoms with Crippen LogP contribution in [0, 0.1) is 6.92 Å². The van der Waals surface area contributed by atoms with Crippen molar-refractivity contribution in [3.05, 3.63) is 107 Å². The molecule has 5 rings (SSSR count). The van der Waals surface area contributed by atoms with Gasteiger partial charge in [0.2, 0.25) is 0 Å². The number of nitrogens with one attached hydrogen (secondary N) is 1. The SMILES string of the molecule is Cc1ccc(C(=O)Nc2ccc(C3CCCCN(C(C)(C)C)C3)cc2)cc1Cc1nccc(-c2cccnc2)n1. The monoisotopic (exact) mass is 533 g/mol. The summed E-state index contributed by atoms with van der Waals surface area (Å²) in [4.78, 5) is 29.2. The molecule has 6 heteroatoms.